The van der Waals surface area contributed by atoms with E-state index in [2.05, 4.69) is 24.0 Å². The van der Waals surface area contributed by atoms with Gasteiger partial charge in [-0.2, -0.15) is 0 Å². The standard InChI is InChI=1S/C15H25ClN4O/c1-18(2)13-5-9-20(10-6-13)15(21)4-3-14-17-8-12-19(14)11-7-16/h8,12-13H,3-7,9-11H2,1-2H3. The van der Waals surface area contributed by atoms with Gasteiger partial charge in [-0.3, -0.25) is 4.79 Å². The summed E-state index contributed by atoms with van der Waals surface area (Å²) in [6.07, 6.45) is 7.06. The van der Waals surface area contributed by atoms with Gasteiger partial charge >= 0.3 is 0 Å². The minimum atomic E-state index is 0.243. The molecule has 1 aliphatic heterocycles. The molecule has 0 aliphatic carbocycles. The number of amides is 1. The highest BCUT2D eigenvalue weighted by Gasteiger charge is 2.23. The predicted octanol–water partition coefficient (Wildman–Crippen LogP) is 1.61. The number of hydrogen-bond acceptors (Lipinski definition) is 3. The lowest BCUT2D eigenvalue weighted by molar-refractivity contribution is -0.132. The Labute approximate surface area is 131 Å². The average Bonchev–Trinajstić information content (AvgIpc) is 2.92. The van der Waals surface area contributed by atoms with Gasteiger partial charge in [-0.25, -0.2) is 4.98 Å². The molecule has 1 aromatic rings. The molecule has 0 N–H and O–H groups in total. The Morgan fingerprint density at radius 1 is 1.43 bits per heavy atom. The molecule has 5 nitrogen and oxygen atoms in total. The maximum Gasteiger partial charge on any atom is 0.223 e. The summed E-state index contributed by atoms with van der Waals surface area (Å²) in [7, 11) is 4.22. The van der Waals surface area contributed by atoms with Crippen LogP contribution < -0.4 is 0 Å². The molecule has 118 valence electrons. The maximum atomic E-state index is 12.3. The van der Waals surface area contributed by atoms with Crippen LogP contribution in [0.5, 0.6) is 0 Å². The number of imidazole rings is 1. The molecule has 21 heavy (non-hydrogen) atoms. The number of hydrogen-bond donors (Lipinski definition) is 0. The van der Waals surface area contributed by atoms with Gasteiger partial charge < -0.3 is 14.4 Å². The number of aromatic nitrogens is 2. The summed E-state index contributed by atoms with van der Waals surface area (Å²) in [4.78, 5) is 20.9. The van der Waals surface area contributed by atoms with Crippen LogP contribution in [0, 0.1) is 0 Å². The average molecular weight is 313 g/mol. The first-order valence-corrected chi connectivity index (χ1v) is 8.15. The molecule has 0 bridgehead atoms. The second-order valence-electron chi connectivity index (χ2n) is 5.80. The lowest BCUT2D eigenvalue weighted by atomic mass is 10.0. The van der Waals surface area contributed by atoms with Gasteiger partial charge in [-0.05, 0) is 26.9 Å². The molecule has 2 rings (SSSR count). The number of aryl methyl sites for hydroxylation is 2. The van der Waals surface area contributed by atoms with Crippen molar-refractivity contribution < 1.29 is 4.79 Å². The van der Waals surface area contributed by atoms with E-state index in [-0.39, 0.29) is 5.91 Å². The number of piperidine rings is 1. The van der Waals surface area contributed by atoms with E-state index in [1.165, 1.54) is 0 Å². The summed E-state index contributed by atoms with van der Waals surface area (Å²) in [5.74, 6) is 1.76. The highest BCUT2D eigenvalue weighted by molar-refractivity contribution is 6.17. The molecule has 1 fully saturated rings. The van der Waals surface area contributed by atoms with Crippen molar-refractivity contribution >= 4 is 17.5 Å². The number of carbonyl (C=O) groups excluding carboxylic acids is 1. The summed E-state index contributed by atoms with van der Waals surface area (Å²) in [6.45, 7) is 2.49. The molecule has 1 amide bonds. The van der Waals surface area contributed by atoms with E-state index < -0.39 is 0 Å². The van der Waals surface area contributed by atoms with E-state index in [4.69, 9.17) is 11.6 Å². The minimum absolute atomic E-state index is 0.243. The lowest BCUT2D eigenvalue weighted by Gasteiger charge is -2.35. The smallest absolute Gasteiger partial charge is 0.223 e. The molecule has 0 radical (unpaired) electrons. The third-order valence-corrected chi connectivity index (χ3v) is 4.41. The first kappa shape index (κ1) is 16.3. The first-order valence-electron chi connectivity index (χ1n) is 7.62. The van der Waals surface area contributed by atoms with Crippen molar-refractivity contribution in [2.24, 2.45) is 0 Å². The quantitative estimate of drug-likeness (QED) is 0.749. The first-order chi connectivity index (χ1) is 10.1. The molecule has 0 aromatic carbocycles. The summed E-state index contributed by atoms with van der Waals surface area (Å²) >= 11 is 5.76. The number of rotatable bonds is 6. The van der Waals surface area contributed by atoms with Gasteiger partial charge in [-0.15, -0.1) is 11.6 Å². The van der Waals surface area contributed by atoms with Gasteiger partial charge in [0.05, 0.1) is 0 Å². The van der Waals surface area contributed by atoms with Crippen LogP contribution >= 0.6 is 11.6 Å². The Hall–Kier alpha value is -1.07. The van der Waals surface area contributed by atoms with E-state index >= 15 is 0 Å². The third-order valence-electron chi connectivity index (χ3n) is 4.24. The van der Waals surface area contributed by atoms with E-state index in [0.717, 1.165) is 38.3 Å². The van der Waals surface area contributed by atoms with Crippen LogP contribution in [0.25, 0.3) is 0 Å². The van der Waals surface area contributed by atoms with E-state index in [1.807, 2.05) is 15.7 Å². The maximum absolute atomic E-state index is 12.3. The van der Waals surface area contributed by atoms with Crippen LogP contribution in [-0.4, -0.2) is 64.4 Å². The summed E-state index contributed by atoms with van der Waals surface area (Å²) in [6, 6.07) is 0.608. The Morgan fingerprint density at radius 2 is 2.14 bits per heavy atom. The van der Waals surface area contributed by atoms with Crippen molar-refractivity contribution in [1.29, 1.82) is 0 Å². The Bertz CT molecular complexity index is 452. The van der Waals surface area contributed by atoms with E-state index in [1.54, 1.807) is 6.20 Å². The highest BCUT2D eigenvalue weighted by Crippen LogP contribution is 2.15. The van der Waals surface area contributed by atoms with Gasteiger partial charge in [0, 0.05) is 56.8 Å². The minimum Gasteiger partial charge on any atom is -0.343 e. The summed E-state index contributed by atoms with van der Waals surface area (Å²) < 4.78 is 2.03. The number of likely N-dealkylation sites (tertiary alicyclic amines) is 1. The van der Waals surface area contributed by atoms with Crippen LogP contribution in [0.15, 0.2) is 12.4 Å². The molecule has 1 aliphatic rings. The normalized spacial score (nSPS) is 16.7. The van der Waals surface area contributed by atoms with Crippen LogP contribution in [0.3, 0.4) is 0 Å². The molecule has 0 atom stereocenters. The second-order valence-corrected chi connectivity index (χ2v) is 6.18. The summed E-state index contributed by atoms with van der Waals surface area (Å²) in [5.41, 5.74) is 0. The van der Waals surface area contributed by atoms with Crippen molar-refractivity contribution in [3.8, 4) is 0 Å². The molecule has 1 aromatic heterocycles. The van der Waals surface area contributed by atoms with Gasteiger partial charge in [0.1, 0.15) is 5.82 Å². The number of nitrogens with zero attached hydrogens (tertiary/aromatic N) is 4. The largest absolute Gasteiger partial charge is 0.343 e. The van der Waals surface area contributed by atoms with Gasteiger partial charge in [0.15, 0.2) is 0 Å². The zero-order chi connectivity index (χ0) is 15.2. The second kappa shape index (κ2) is 7.80. The van der Waals surface area contributed by atoms with Crippen molar-refractivity contribution in [3.05, 3.63) is 18.2 Å². The zero-order valence-corrected chi connectivity index (χ0v) is 13.7. The van der Waals surface area contributed by atoms with Gasteiger partial charge in [0.25, 0.3) is 0 Å². The van der Waals surface area contributed by atoms with Gasteiger partial charge in [0.2, 0.25) is 5.91 Å². The van der Waals surface area contributed by atoms with Crippen molar-refractivity contribution in [1.82, 2.24) is 19.4 Å². The fraction of sp³-hybridized carbons (Fsp3) is 0.733. The van der Waals surface area contributed by atoms with Crippen molar-refractivity contribution in [3.63, 3.8) is 0 Å². The van der Waals surface area contributed by atoms with Crippen LogP contribution in [0.4, 0.5) is 0 Å². The number of carbonyl (C=O) groups is 1. The van der Waals surface area contributed by atoms with E-state index in [0.29, 0.717) is 24.8 Å². The topological polar surface area (TPSA) is 41.4 Å². The van der Waals surface area contributed by atoms with Crippen LogP contribution in [0.1, 0.15) is 25.1 Å². The van der Waals surface area contributed by atoms with Crippen molar-refractivity contribution in [2.75, 3.05) is 33.1 Å². The number of alkyl halides is 1. The highest BCUT2D eigenvalue weighted by atomic mass is 35.5. The summed E-state index contributed by atoms with van der Waals surface area (Å²) in [5, 5.41) is 0. The van der Waals surface area contributed by atoms with Crippen LogP contribution in [-0.2, 0) is 17.8 Å². The Morgan fingerprint density at radius 3 is 2.76 bits per heavy atom. The molecule has 1 saturated heterocycles. The van der Waals surface area contributed by atoms with E-state index in [9.17, 15) is 4.79 Å². The Kier molecular flexibility index (Phi) is 6.06. The van der Waals surface area contributed by atoms with Crippen molar-refractivity contribution in [2.45, 2.75) is 38.3 Å². The molecular formula is C15H25ClN4O. The third kappa shape index (κ3) is 4.45. The molecule has 0 saturated carbocycles. The van der Waals surface area contributed by atoms with Gasteiger partial charge in [-0.1, -0.05) is 0 Å². The molecular weight excluding hydrogens is 288 g/mol. The molecule has 0 spiro atoms. The molecule has 0 unspecified atom stereocenters. The zero-order valence-electron chi connectivity index (χ0n) is 13.0. The number of halogens is 1. The van der Waals surface area contributed by atoms with Crippen LogP contribution in [0.2, 0.25) is 0 Å². The SMILES string of the molecule is CN(C)C1CCN(C(=O)CCc2nccn2CCCl)CC1. The molecule has 2 heterocycles. The Balaban J connectivity index is 1.79. The monoisotopic (exact) mass is 312 g/mol. The fourth-order valence-corrected chi connectivity index (χ4v) is 3.05. The lowest BCUT2D eigenvalue weighted by Crippen LogP contribution is -2.44. The predicted molar refractivity (Wildman–Crippen MR) is 84.6 cm³/mol. The fourth-order valence-electron chi connectivity index (χ4n) is 2.87. The molecule has 6 heteroatoms.